The lowest BCUT2D eigenvalue weighted by atomic mass is 10.1. The lowest BCUT2D eigenvalue weighted by Crippen LogP contribution is -2.40. The third-order valence-corrected chi connectivity index (χ3v) is 7.74. The molecule has 1 aliphatic heterocycles. The smallest absolute Gasteiger partial charge is 0.242 e. The number of amidine groups is 1. The van der Waals surface area contributed by atoms with E-state index in [2.05, 4.69) is 53.9 Å². The summed E-state index contributed by atoms with van der Waals surface area (Å²) in [6.45, 7) is 4.14. The number of benzene rings is 2. The van der Waals surface area contributed by atoms with Gasteiger partial charge < -0.3 is 5.32 Å². The first-order chi connectivity index (χ1) is 14.9. The van der Waals surface area contributed by atoms with E-state index >= 15 is 0 Å². The fourth-order valence-electron chi connectivity index (χ4n) is 4.01. The molecule has 5 nitrogen and oxygen atoms in total. The Labute approximate surface area is 201 Å². The fourth-order valence-corrected chi connectivity index (χ4v) is 5.58. The van der Waals surface area contributed by atoms with Crippen molar-refractivity contribution in [2.75, 3.05) is 5.32 Å². The minimum Gasteiger partial charge on any atom is -0.326 e. The van der Waals surface area contributed by atoms with Gasteiger partial charge in [-0.05, 0) is 96.8 Å². The molecule has 1 N–H and O–H groups in total. The molecule has 2 aromatic rings. The van der Waals surface area contributed by atoms with Crippen LogP contribution in [-0.4, -0.2) is 33.2 Å². The molecule has 1 aliphatic carbocycles. The fraction of sp³-hybridized carbons (Fsp3) is 0.375. The average Bonchev–Trinajstić information content (AvgIpc) is 3.35. The van der Waals surface area contributed by atoms with Gasteiger partial charge in [-0.1, -0.05) is 30.7 Å². The molecule has 1 heterocycles. The summed E-state index contributed by atoms with van der Waals surface area (Å²) in [4.78, 5) is 32.6. The number of anilines is 1. The predicted octanol–water partition coefficient (Wildman–Crippen LogP) is 5.81. The van der Waals surface area contributed by atoms with Gasteiger partial charge in [0.1, 0.15) is 5.25 Å². The van der Waals surface area contributed by atoms with Crippen LogP contribution in [0.2, 0.25) is 0 Å². The predicted molar refractivity (Wildman–Crippen MR) is 136 cm³/mol. The Kier molecular flexibility index (Phi) is 7.01. The van der Waals surface area contributed by atoms with E-state index in [0.717, 1.165) is 45.8 Å². The number of rotatable bonds is 5. The number of halogens is 1. The molecular formula is C24H26IN3O2S. The minimum atomic E-state index is -0.435. The molecule has 0 unspecified atom stereocenters. The number of thioether (sulfide) groups is 1. The molecule has 162 valence electrons. The zero-order valence-corrected chi connectivity index (χ0v) is 20.7. The van der Waals surface area contributed by atoms with Crippen molar-refractivity contribution in [1.82, 2.24) is 4.90 Å². The molecule has 0 radical (unpaired) electrons. The van der Waals surface area contributed by atoms with Crippen LogP contribution in [0.4, 0.5) is 11.4 Å². The number of nitrogens with zero attached hydrogens (tertiary/aromatic N) is 2. The van der Waals surface area contributed by atoms with E-state index in [0.29, 0.717) is 0 Å². The number of aliphatic imine (C=N–C) groups is 1. The van der Waals surface area contributed by atoms with Gasteiger partial charge in [-0.25, -0.2) is 4.99 Å². The Morgan fingerprint density at radius 2 is 1.84 bits per heavy atom. The molecule has 1 saturated carbocycles. The maximum atomic E-state index is 13.3. The topological polar surface area (TPSA) is 61.8 Å². The first-order valence-corrected chi connectivity index (χ1v) is 12.6. The number of carbonyl (C=O) groups is 2. The number of carbonyl (C=O) groups excluding carboxylic acids is 2. The van der Waals surface area contributed by atoms with Crippen LogP contribution >= 0.6 is 34.4 Å². The van der Waals surface area contributed by atoms with Crippen LogP contribution in [0.25, 0.3) is 0 Å². The zero-order chi connectivity index (χ0) is 22.0. The lowest BCUT2D eigenvalue weighted by molar-refractivity contribution is -0.129. The van der Waals surface area contributed by atoms with Crippen LogP contribution in [0.15, 0.2) is 47.5 Å². The second kappa shape index (κ2) is 9.73. The number of nitrogens with one attached hydrogen (secondary N) is 1. The minimum absolute atomic E-state index is 0.0113. The highest BCUT2D eigenvalue weighted by Crippen LogP contribution is 2.37. The normalized spacial score (nSPS) is 20.6. The van der Waals surface area contributed by atoms with Gasteiger partial charge in [0.2, 0.25) is 11.8 Å². The highest BCUT2D eigenvalue weighted by atomic mass is 127. The largest absolute Gasteiger partial charge is 0.326 e. The quantitative estimate of drug-likeness (QED) is 0.481. The lowest BCUT2D eigenvalue weighted by Gasteiger charge is -2.23. The van der Waals surface area contributed by atoms with Crippen LogP contribution in [0.1, 0.15) is 43.2 Å². The Hall–Kier alpha value is -1.87. The van der Waals surface area contributed by atoms with Gasteiger partial charge in [0.15, 0.2) is 5.17 Å². The van der Waals surface area contributed by atoms with Gasteiger partial charge in [0.05, 0.1) is 5.69 Å². The highest BCUT2D eigenvalue weighted by molar-refractivity contribution is 14.1. The van der Waals surface area contributed by atoms with Crippen molar-refractivity contribution < 1.29 is 9.59 Å². The van der Waals surface area contributed by atoms with Crippen molar-refractivity contribution in [2.24, 2.45) is 4.99 Å². The highest BCUT2D eigenvalue weighted by Gasteiger charge is 2.43. The molecular weight excluding hydrogens is 521 g/mol. The third-order valence-electron chi connectivity index (χ3n) is 5.87. The molecule has 7 heteroatoms. The van der Waals surface area contributed by atoms with Crippen LogP contribution in [0, 0.1) is 17.4 Å². The molecule has 1 saturated heterocycles. The van der Waals surface area contributed by atoms with Crippen molar-refractivity contribution in [2.45, 2.75) is 57.2 Å². The summed E-state index contributed by atoms with van der Waals surface area (Å²) in [7, 11) is 0. The van der Waals surface area contributed by atoms with E-state index in [1.165, 1.54) is 22.9 Å². The molecule has 0 aromatic heterocycles. The molecule has 0 spiro atoms. The Balaban J connectivity index is 1.53. The number of hydrogen-bond donors (Lipinski definition) is 1. The first kappa shape index (κ1) is 22.3. The van der Waals surface area contributed by atoms with E-state index in [9.17, 15) is 9.59 Å². The van der Waals surface area contributed by atoms with Crippen molar-refractivity contribution in [1.29, 1.82) is 0 Å². The Morgan fingerprint density at radius 1 is 1.13 bits per heavy atom. The molecule has 2 fully saturated rings. The number of hydrogen-bond acceptors (Lipinski definition) is 4. The van der Waals surface area contributed by atoms with Gasteiger partial charge in [0.25, 0.3) is 0 Å². The van der Waals surface area contributed by atoms with E-state index in [1.807, 2.05) is 35.2 Å². The molecule has 31 heavy (non-hydrogen) atoms. The molecule has 0 bridgehead atoms. The summed E-state index contributed by atoms with van der Waals surface area (Å²) < 4.78 is 1.11. The monoisotopic (exact) mass is 547 g/mol. The molecule has 2 aliphatic rings. The van der Waals surface area contributed by atoms with Gasteiger partial charge in [-0.2, -0.15) is 0 Å². The van der Waals surface area contributed by atoms with Crippen LogP contribution in [0.3, 0.4) is 0 Å². The number of aryl methyl sites for hydroxylation is 2. The molecule has 2 aromatic carbocycles. The van der Waals surface area contributed by atoms with Gasteiger partial charge in [-0.15, -0.1) is 0 Å². The molecule has 4 rings (SSSR count). The maximum absolute atomic E-state index is 13.3. The van der Waals surface area contributed by atoms with Gasteiger partial charge >= 0.3 is 0 Å². The summed E-state index contributed by atoms with van der Waals surface area (Å²) in [6.07, 6.45) is 4.41. The molecule has 1 atom stereocenters. The SMILES string of the molecule is Cc1ccc(N=C2S[C@@H](CC(=O)Nc3ccc(I)cc3)C(=O)N2C2CCCC2)cc1C. The van der Waals surface area contributed by atoms with Crippen molar-refractivity contribution in [3.63, 3.8) is 0 Å². The van der Waals surface area contributed by atoms with Crippen LogP contribution in [-0.2, 0) is 9.59 Å². The van der Waals surface area contributed by atoms with Crippen molar-refractivity contribution in [3.8, 4) is 0 Å². The standard InChI is InChI=1S/C24H26IN3O2S/c1-15-7-10-19(13-16(15)2)27-24-28(20-5-3-4-6-20)23(30)21(31-24)14-22(29)26-18-11-8-17(25)9-12-18/h7-13,20-21H,3-6,14H2,1-2H3,(H,26,29)/t21-/m0/s1. The first-order valence-electron chi connectivity index (χ1n) is 10.6. The van der Waals surface area contributed by atoms with Crippen molar-refractivity contribution in [3.05, 3.63) is 57.2 Å². The summed E-state index contributed by atoms with van der Waals surface area (Å²) in [5.74, 6) is -0.136. The second-order valence-electron chi connectivity index (χ2n) is 8.18. The average molecular weight is 547 g/mol. The van der Waals surface area contributed by atoms with E-state index in [-0.39, 0.29) is 24.3 Å². The zero-order valence-electron chi connectivity index (χ0n) is 17.7. The van der Waals surface area contributed by atoms with Gasteiger partial charge in [-0.3, -0.25) is 14.5 Å². The van der Waals surface area contributed by atoms with Crippen LogP contribution in [0.5, 0.6) is 0 Å². The van der Waals surface area contributed by atoms with E-state index < -0.39 is 5.25 Å². The summed E-state index contributed by atoms with van der Waals surface area (Å²) >= 11 is 3.65. The molecule has 2 amide bonds. The summed E-state index contributed by atoms with van der Waals surface area (Å²) in [5, 5.41) is 3.21. The Morgan fingerprint density at radius 3 is 2.52 bits per heavy atom. The van der Waals surface area contributed by atoms with E-state index in [4.69, 9.17) is 4.99 Å². The third kappa shape index (κ3) is 5.31. The van der Waals surface area contributed by atoms with Crippen LogP contribution < -0.4 is 5.32 Å². The maximum Gasteiger partial charge on any atom is 0.242 e. The Bertz CT molecular complexity index is 1020. The second-order valence-corrected chi connectivity index (χ2v) is 10.6. The van der Waals surface area contributed by atoms with Crippen molar-refractivity contribution >= 4 is 62.7 Å². The number of amides is 2. The summed E-state index contributed by atoms with van der Waals surface area (Å²) in [6, 6.07) is 13.9. The van der Waals surface area contributed by atoms with E-state index in [1.54, 1.807) is 0 Å². The van der Waals surface area contributed by atoms with Gasteiger partial charge in [0, 0.05) is 21.7 Å². The summed E-state index contributed by atoms with van der Waals surface area (Å²) in [5.41, 5.74) is 4.00.